The van der Waals surface area contributed by atoms with Crippen molar-refractivity contribution in [3.8, 4) is 57.0 Å². The Balaban J connectivity index is 1.24. The zero-order valence-electron chi connectivity index (χ0n) is 27.8. The van der Waals surface area contributed by atoms with Gasteiger partial charge < -0.3 is 0 Å². The standard InChI is InChI=1S/C47H27N5/c48-28-29-22-24-31(25-23-29)45-49-44(30-12-2-1-3-13-30)50-46(51-45)52-42-21-11-7-17-35(42)37-26-41-36(27-43(37)52)34-16-6-10-20-40(34)47(41)38-18-8-4-14-32(38)33-15-5-9-19-39(33)47/h1-27H. The highest BCUT2D eigenvalue weighted by Gasteiger charge is 2.51. The van der Waals surface area contributed by atoms with Gasteiger partial charge in [0.25, 0.3) is 0 Å². The number of nitrogens with zero attached hydrogens (tertiary/aromatic N) is 5. The van der Waals surface area contributed by atoms with Crippen molar-refractivity contribution in [1.82, 2.24) is 19.5 Å². The van der Waals surface area contributed by atoms with Crippen LogP contribution < -0.4 is 0 Å². The molecule has 0 radical (unpaired) electrons. The first-order valence-electron chi connectivity index (χ1n) is 17.4. The van der Waals surface area contributed by atoms with E-state index in [1.54, 1.807) is 12.1 Å². The van der Waals surface area contributed by atoms with Crippen LogP contribution in [0, 0.1) is 11.3 Å². The molecule has 2 aromatic heterocycles. The van der Waals surface area contributed by atoms with Gasteiger partial charge in [-0.2, -0.15) is 15.2 Å². The number of rotatable bonds is 3. The van der Waals surface area contributed by atoms with E-state index >= 15 is 0 Å². The highest BCUT2D eigenvalue weighted by Crippen LogP contribution is 2.63. The molecule has 5 nitrogen and oxygen atoms in total. The number of fused-ring (bicyclic) bond motifs is 13. The fourth-order valence-corrected chi connectivity index (χ4v) is 8.77. The van der Waals surface area contributed by atoms with E-state index in [2.05, 4.69) is 120 Å². The molecule has 240 valence electrons. The van der Waals surface area contributed by atoms with Gasteiger partial charge in [-0.05, 0) is 87.0 Å². The SMILES string of the molecule is N#Cc1ccc(-c2nc(-c3ccccc3)nc(-n3c4ccccc4c4cc5c(cc43)-c3ccccc3C53c4ccccc4-c4ccccc43)n2)cc1. The summed E-state index contributed by atoms with van der Waals surface area (Å²) in [4.78, 5) is 15.3. The zero-order chi connectivity index (χ0) is 34.4. The van der Waals surface area contributed by atoms with Crippen LogP contribution in [0.5, 0.6) is 0 Å². The normalized spacial score (nSPS) is 13.1. The maximum atomic E-state index is 9.46. The van der Waals surface area contributed by atoms with E-state index in [9.17, 15) is 5.26 Å². The Morgan fingerprint density at radius 1 is 0.442 bits per heavy atom. The molecule has 2 aliphatic rings. The summed E-state index contributed by atoms with van der Waals surface area (Å²) in [5, 5.41) is 11.7. The Hall–Kier alpha value is -7.16. The molecule has 9 aromatic rings. The van der Waals surface area contributed by atoms with E-state index in [1.165, 1.54) is 44.5 Å². The number of benzene rings is 7. The van der Waals surface area contributed by atoms with Crippen molar-refractivity contribution in [2.45, 2.75) is 5.41 Å². The monoisotopic (exact) mass is 661 g/mol. The van der Waals surface area contributed by atoms with E-state index in [0.29, 0.717) is 23.2 Å². The van der Waals surface area contributed by atoms with Crippen LogP contribution in [0.15, 0.2) is 164 Å². The molecular weight excluding hydrogens is 635 g/mol. The average molecular weight is 662 g/mol. The number of hydrogen-bond donors (Lipinski definition) is 0. The van der Waals surface area contributed by atoms with Crippen LogP contribution in [-0.2, 0) is 5.41 Å². The summed E-state index contributed by atoms with van der Waals surface area (Å²) < 4.78 is 2.19. The van der Waals surface area contributed by atoms with E-state index in [1.807, 2.05) is 42.5 Å². The third kappa shape index (κ3) is 3.78. The average Bonchev–Trinajstić information content (AvgIpc) is 3.81. The summed E-state index contributed by atoms with van der Waals surface area (Å²) in [5.74, 6) is 1.67. The summed E-state index contributed by atoms with van der Waals surface area (Å²) in [6.45, 7) is 0. The lowest BCUT2D eigenvalue weighted by Gasteiger charge is -2.30. The minimum Gasteiger partial charge on any atom is -0.278 e. The smallest absolute Gasteiger partial charge is 0.238 e. The minimum absolute atomic E-state index is 0.438. The summed E-state index contributed by atoms with van der Waals surface area (Å²) in [7, 11) is 0. The maximum Gasteiger partial charge on any atom is 0.238 e. The largest absolute Gasteiger partial charge is 0.278 e. The second-order valence-corrected chi connectivity index (χ2v) is 13.5. The van der Waals surface area contributed by atoms with Crippen molar-refractivity contribution in [1.29, 1.82) is 5.26 Å². The second-order valence-electron chi connectivity index (χ2n) is 13.5. The molecule has 0 fully saturated rings. The van der Waals surface area contributed by atoms with Crippen LogP contribution in [0.1, 0.15) is 27.8 Å². The number of para-hydroxylation sites is 1. The Morgan fingerprint density at radius 2 is 0.981 bits per heavy atom. The predicted molar refractivity (Wildman–Crippen MR) is 206 cm³/mol. The van der Waals surface area contributed by atoms with Gasteiger partial charge in [0.1, 0.15) is 0 Å². The lowest BCUT2D eigenvalue weighted by atomic mass is 9.70. The molecule has 5 heteroatoms. The summed E-state index contributed by atoms with van der Waals surface area (Å²) in [5.41, 5.74) is 14.2. The van der Waals surface area contributed by atoms with Crippen molar-refractivity contribution in [2.75, 3.05) is 0 Å². The zero-order valence-corrected chi connectivity index (χ0v) is 27.8. The van der Waals surface area contributed by atoms with Gasteiger partial charge in [-0.1, -0.05) is 121 Å². The highest BCUT2D eigenvalue weighted by atomic mass is 15.2. The summed E-state index contributed by atoms with van der Waals surface area (Å²) in [6.07, 6.45) is 0. The molecule has 0 saturated carbocycles. The molecule has 0 atom stereocenters. The van der Waals surface area contributed by atoms with Crippen molar-refractivity contribution in [3.05, 3.63) is 192 Å². The van der Waals surface area contributed by atoms with Crippen molar-refractivity contribution in [2.24, 2.45) is 0 Å². The van der Waals surface area contributed by atoms with E-state index in [-0.39, 0.29) is 0 Å². The molecule has 0 bridgehead atoms. The van der Waals surface area contributed by atoms with Gasteiger partial charge in [-0.25, -0.2) is 4.98 Å². The predicted octanol–water partition coefficient (Wildman–Crippen LogP) is 10.5. The van der Waals surface area contributed by atoms with Gasteiger partial charge in [0, 0.05) is 21.9 Å². The molecule has 0 saturated heterocycles. The van der Waals surface area contributed by atoms with E-state index in [4.69, 9.17) is 15.0 Å². The fraction of sp³-hybridized carbons (Fsp3) is 0.0213. The molecule has 0 aliphatic heterocycles. The third-order valence-corrected chi connectivity index (χ3v) is 10.9. The quantitative estimate of drug-likeness (QED) is 0.189. The molecule has 7 aromatic carbocycles. The molecule has 1 spiro atoms. The first-order chi connectivity index (χ1) is 25.7. The Bertz CT molecular complexity index is 2920. The van der Waals surface area contributed by atoms with Crippen molar-refractivity contribution in [3.63, 3.8) is 0 Å². The van der Waals surface area contributed by atoms with Gasteiger partial charge in [0.05, 0.1) is 28.1 Å². The summed E-state index contributed by atoms with van der Waals surface area (Å²) in [6, 6.07) is 59.7. The number of hydrogen-bond acceptors (Lipinski definition) is 4. The molecule has 0 N–H and O–H groups in total. The lowest BCUT2D eigenvalue weighted by molar-refractivity contribution is 0.795. The molecular formula is C47H27N5. The van der Waals surface area contributed by atoms with Gasteiger partial charge in [-0.3, -0.25) is 4.57 Å². The molecule has 2 heterocycles. The third-order valence-electron chi connectivity index (χ3n) is 10.9. The maximum absolute atomic E-state index is 9.46. The first kappa shape index (κ1) is 28.7. The van der Waals surface area contributed by atoms with Crippen LogP contribution in [0.25, 0.3) is 72.8 Å². The molecule has 52 heavy (non-hydrogen) atoms. The van der Waals surface area contributed by atoms with Gasteiger partial charge in [0.15, 0.2) is 11.6 Å². The highest BCUT2D eigenvalue weighted by molar-refractivity contribution is 6.12. The van der Waals surface area contributed by atoms with Crippen LogP contribution in [0.4, 0.5) is 0 Å². The van der Waals surface area contributed by atoms with E-state index in [0.717, 1.165) is 32.9 Å². The topological polar surface area (TPSA) is 67.4 Å². The fourth-order valence-electron chi connectivity index (χ4n) is 8.77. The number of aromatic nitrogens is 4. The van der Waals surface area contributed by atoms with Crippen molar-refractivity contribution < 1.29 is 0 Å². The second kappa shape index (κ2) is 10.7. The van der Waals surface area contributed by atoms with Crippen LogP contribution >= 0.6 is 0 Å². The summed E-state index contributed by atoms with van der Waals surface area (Å²) >= 11 is 0. The molecule has 2 aliphatic carbocycles. The number of nitriles is 1. The first-order valence-corrected chi connectivity index (χ1v) is 17.4. The van der Waals surface area contributed by atoms with Gasteiger partial charge in [0.2, 0.25) is 5.95 Å². The Morgan fingerprint density at radius 3 is 1.62 bits per heavy atom. The Kier molecular flexibility index (Phi) is 5.88. The molecule has 11 rings (SSSR count). The Labute approximate surface area is 299 Å². The van der Waals surface area contributed by atoms with Gasteiger partial charge in [-0.15, -0.1) is 0 Å². The van der Waals surface area contributed by atoms with Crippen molar-refractivity contribution >= 4 is 21.8 Å². The van der Waals surface area contributed by atoms with Crippen LogP contribution in [0.3, 0.4) is 0 Å². The minimum atomic E-state index is -0.438. The molecule has 0 unspecified atom stereocenters. The van der Waals surface area contributed by atoms with Gasteiger partial charge >= 0.3 is 0 Å². The van der Waals surface area contributed by atoms with E-state index < -0.39 is 5.41 Å². The molecule has 0 amide bonds. The lowest BCUT2D eigenvalue weighted by Crippen LogP contribution is -2.25. The van der Waals surface area contributed by atoms with Crippen LogP contribution in [-0.4, -0.2) is 19.5 Å². The van der Waals surface area contributed by atoms with Crippen LogP contribution in [0.2, 0.25) is 0 Å².